The number of ether oxygens (including phenoxy) is 1. The lowest BCUT2D eigenvalue weighted by Gasteiger charge is -2.24. The maximum Gasteiger partial charge on any atom is 0.142 e. The lowest BCUT2D eigenvalue weighted by Crippen LogP contribution is -2.36. The van der Waals surface area contributed by atoms with E-state index in [-0.39, 0.29) is 0 Å². The zero-order chi connectivity index (χ0) is 7.94. The highest BCUT2D eigenvalue weighted by Gasteiger charge is 2.06. The lowest BCUT2D eigenvalue weighted by molar-refractivity contribution is -0.104. The van der Waals surface area contributed by atoms with Crippen molar-refractivity contribution >= 4 is 6.29 Å². The molecular weight excluding hydrogens is 142 g/mol. The van der Waals surface area contributed by atoms with Gasteiger partial charge in [0.25, 0.3) is 0 Å². The van der Waals surface area contributed by atoms with Crippen molar-refractivity contribution in [2.75, 3.05) is 32.8 Å². The molecule has 11 heavy (non-hydrogen) atoms. The van der Waals surface area contributed by atoms with Crippen molar-refractivity contribution in [1.82, 2.24) is 4.90 Å². The van der Waals surface area contributed by atoms with Gasteiger partial charge in [0.1, 0.15) is 6.29 Å². The molecule has 0 aromatic heterocycles. The van der Waals surface area contributed by atoms with Crippen LogP contribution >= 0.6 is 0 Å². The number of allylic oxidation sites excluding steroid dienone is 1. The fourth-order valence-electron chi connectivity index (χ4n) is 1.05. The van der Waals surface area contributed by atoms with Crippen LogP contribution in [0.25, 0.3) is 0 Å². The molecule has 1 saturated heterocycles. The number of carbonyl (C=O) groups excluding carboxylic acids is 1. The fraction of sp³-hybridized carbons (Fsp3) is 0.625. The SMILES string of the molecule is O=C/C=C/CN1CCOCC1. The Morgan fingerprint density at radius 1 is 1.36 bits per heavy atom. The first-order chi connectivity index (χ1) is 5.43. The highest BCUT2D eigenvalue weighted by atomic mass is 16.5. The Morgan fingerprint density at radius 2 is 2.09 bits per heavy atom. The number of carbonyl (C=O) groups is 1. The summed E-state index contributed by atoms with van der Waals surface area (Å²) in [4.78, 5) is 12.2. The van der Waals surface area contributed by atoms with Gasteiger partial charge in [0.2, 0.25) is 0 Å². The number of hydrogen-bond donors (Lipinski definition) is 0. The van der Waals surface area contributed by atoms with Crippen LogP contribution in [0.5, 0.6) is 0 Å². The van der Waals surface area contributed by atoms with Crippen molar-refractivity contribution in [2.45, 2.75) is 0 Å². The van der Waals surface area contributed by atoms with Gasteiger partial charge in [-0.25, -0.2) is 0 Å². The second-order valence-corrected chi connectivity index (χ2v) is 2.48. The highest BCUT2D eigenvalue weighted by Crippen LogP contribution is 1.95. The van der Waals surface area contributed by atoms with Crippen LogP contribution in [0, 0.1) is 0 Å². The van der Waals surface area contributed by atoms with E-state index in [1.807, 2.05) is 6.08 Å². The van der Waals surface area contributed by atoms with Crippen LogP contribution in [-0.2, 0) is 9.53 Å². The summed E-state index contributed by atoms with van der Waals surface area (Å²) in [5.74, 6) is 0. The van der Waals surface area contributed by atoms with Gasteiger partial charge in [-0.3, -0.25) is 9.69 Å². The molecule has 0 bridgehead atoms. The molecule has 0 spiro atoms. The van der Waals surface area contributed by atoms with Crippen LogP contribution in [0.2, 0.25) is 0 Å². The van der Waals surface area contributed by atoms with E-state index in [1.54, 1.807) is 0 Å². The molecule has 0 aliphatic carbocycles. The van der Waals surface area contributed by atoms with Crippen molar-refractivity contribution < 1.29 is 9.53 Å². The van der Waals surface area contributed by atoms with Gasteiger partial charge in [0.15, 0.2) is 0 Å². The molecule has 0 N–H and O–H groups in total. The zero-order valence-corrected chi connectivity index (χ0v) is 6.53. The molecule has 3 heteroatoms. The molecule has 1 fully saturated rings. The molecule has 62 valence electrons. The van der Waals surface area contributed by atoms with Crippen molar-refractivity contribution in [1.29, 1.82) is 0 Å². The summed E-state index contributed by atoms with van der Waals surface area (Å²) in [5.41, 5.74) is 0. The van der Waals surface area contributed by atoms with E-state index < -0.39 is 0 Å². The topological polar surface area (TPSA) is 29.5 Å². The average molecular weight is 155 g/mol. The van der Waals surface area contributed by atoms with Crippen LogP contribution in [-0.4, -0.2) is 44.0 Å². The van der Waals surface area contributed by atoms with Gasteiger partial charge in [0, 0.05) is 19.6 Å². The van der Waals surface area contributed by atoms with Crippen LogP contribution in [0.3, 0.4) is 0 Å². The normalized spacial score (nSPS) is 20.7. The third-order valence-electron chi connectivity index (χ3n) is 1.68. The number of aldehydes is 1. The summed E-state index contributed by atoms with van der Waals surface area (Å²) in [5, 5.41) is 0. The summed E-state index contributed by atoms with van der Waals surface area (Å²) >= 11 is 0. The van der Waals surface area contributed by atoms with Crippen molar-refractivity contribution in [2.24, 2.45) is 0 Å². The Balaban J connectivity index is 2.14. The summed E-state index contributed by atoms with van der Waals surface area (Å²) in [6.07, 6.45) is 4.22. The van der Waals surface area contributed by atoms with Gasteiger partial charge in [-0.2, -0.15) is 0 Å². The van der Waals surface area contributed by atoms with Gasteiger partial charge in [-0.05, 0) is 6.08 Å². The van der Waals surface area contributed by atoms with Crippen LogP contribution in [0.4, 0.5) is 0 Å². The molecule has 0 saturated carbocycles. The summed E-state index contributed by atoms with van der Waals surface area (Å²) in [6.45, 7) is 4.44. The predicted molar refractivity (Wildman–Crippen MR) is 42.5 cm³/mol. The minimum absolute atomic E-state index is 0.806. The standard InChI is InChI=1S/C8H13NO2/c10-6-2-1-3-9-4-7-11-8-5-9/h1-2,6H,3-5,7-8H2/b2-1+. The summed E-state index contributed by atoms with van der Waals surface area (Å²) in [6, 6.07) is 0. The Hall–Kier alpha value is -0.670. The van der Waals surface area contributed by atoms with Gasteiger partial charge < -0.3 is 4.74 Å². The molecule has 1 heterocycles. The van der Waals surface area contributed by atoms with Crippen LogP contribution < -0.4 is 0 Å². The van der Waals surface area contributed by atoms with Crippen molar-refractivity contribution in [3.05, 3.63) is 12.2 Å². The van der Waals surface area contributed by atoms with Crippen molar-refractivity contribution in [3.8, 4) is 0 Å². The Morgan fingerprint density at radius 3 is 2.73 bits per heavy atom. The fourth-order valence-corrected chi connectivity index (χ4v) is 1.05. The van der Waals surface area contributed by atoms with E-state index in [2.05, 4.69) is 4.90 Å². The van der Waals surface area contributed by atoms with Gasteiger partial charge in [0.05, 0.1) is 13.2 Å². The van der Waals surface area contributed by atoms with Gasteiger partial charge in [-0.15, -0.1) is 0 Å². The minimum Gasteiger partial charge on any atom is -0.379 e. The van der Waals surface area contributed by atoms with E-state index >= 15 is 0 Å². The van der Waals surface area contributed by atoms with E-state index in [9.17, 15) is 4.79 Å². The predicted octanol–water partition coefficient (Wildman–Crippen LogP) is 0.0737. The van der Waals surface area contributed by atoms with Gasteiger partial charge in [-0.1, -0.05) is 6.08 Å². The summed E-state index contributed by atoms with van der Waals surface area (Å²) in [7, 11) is 0. The first kappa shape index (κ1) is 8.43. The molecule has 0 amide bonds. The summed E-state index contributed by atoms with van der Waals surface area (Å²) < 4.78 is 5.17. The average Bonchev–Trinajstić information content (AvgIpc) is 2.07. The quantitative estimate of drug-likeness (QED) is 0.427. The van der Waals surface area contributed by atoms with Crippen LogP contribution in [0.1, 0.15) is 0 Å². The molecule has 3 nitrogen and oxygen atoms in total. The third kappa shape index (κ3) is 3.30. The Labute approximate surface area is 66.6 Å². The molecule has 1 rings (SSSR count). The molecular formula is C8H13NO2. The molecule has 0 atom stereocenters. The number of nitrogens with zero attached hydrogens (tertiary/aromatic N) is 1. The molecule has 0 aromatic carbocycles. The van der Waals surface area contributed by atoms with Crippen molar-refractivity contribution in [3.63, 3.8) is 0 Å². The number of morpholine rings is 1. The molecule has 1 aliphatic heterocycles. The number of hydrogen-bond acceptors (Lipinski definition) is 3. The highest BCUT2D eigenvalue weighted by molar-refractivity contribution is 5.64. The smallest absolute Gasteiger partial charge is 0.142 e. The molecule has 1 aliphatic rings. The third-order valence-corrected chi connectivity index (χ3v) is 1.68. The molecule has 0 radical (unpaired) electrons. The van der Waals surface area contributed by atoms with Crippen LogP contribution in [0.15, 0.2) is 12.2 Å². The molecule has 0 unspecified atom stereocenters. The van der Waals surface area contributed by atoms with Gasteiger partial charge >= 0.3 is 0 Å². The maximum absolute atomic E-state index is 9.92. The minimum atomic E-state index is 0.806. The zero-order valence-electron chi connectivity index (χ0n) is 6.53. The first-order valence-corrected chi connectivity index (χ1v) is 3.84. The second-order valence-electron chi connectivity index (χ2n) is 2.48. The number of rotatable bonds is 3. The monoisotopic (exact) mass is 155 g/mol. The second kappa shape index (κ2) is 5.04. The van der Waals surface area contributed by atoms with E-state index in [1.165, 1.54) is 6.08 Å². The lowest BCUT2D eigenvalue weighted by atomic mass is 10.4. The largest absolute Gasteiger partial charge is 0.379 e. The van der Waals surface area contributed by atoms with E-state index in [4.69, 9.17) is 4.74 Å². The Bertz CT molecular complexity index is 139. The molecule has 0 aromatic rings. The van der Waals surface area contributed by atoms with E-state index in [0.717, 1.165) is 39.1 Å². The first-order valence-electron chi connectivity index (χ1n) is 3.84. The Kier molecular flexibility index (Phi) is 3.86. The maximum atomic E-state index is 9.92. The van der Waals surface area contributed by atoms with E-state index in [0.29, 0.717) is 0 Å².